The molecule has 0 radical (unpaired) electrons. The molecule has 0 aromatic carbocycles. The van der Waals surface area contributed by atoms with Crippen LogP contribution in [0, 0.1) is 0 Å². The minimum Gasteiger partial charge on any atom is -0.480 e. The fourth-order valence-electron chi connectivity index (χ4n) is 2.04. The predicted molar refractivity (Wildman–Crippen MR) is 62.2 cm³/mol. The van der Waals surface area contributed by atoms with Gasteiger partial charge >= 0.3 is 18.0 Å². The zero-order valence-corrected chi connectivity index (χ0v) is 10.1. The Morgan fingerprint density at radius 3 is 1.94 bits per heavy atom. The van der Waals surface area contributed by atoms with Crippen LogP contribution in [0.5, 0.6) is 0 Å². The molecule has 1 rings (SSSR count). The summed E-state index contributed by atoms with van der Waals surface area (Å²) in [7, 11) is 0. The SMILES string of the molecule is O=C(O)CN(CC(=O)O)C(=O)NC1CCCCC1. The molecule has 1 aliphatic rings. The molecule has 7 nitrogen and oxygen atoms in total. The van der Waals surface area contributed by atoms with Gasteiger partial charge in [0.2, 0.25) is 0 Å². The van der Waals surface area contributed by atoms with Crippen LogP contribution in [0.3, 0.4) is 0 Å². The highest BCUT2D eigenvalue weighted by Crippen LogP contribution is 2.17. The molecule has 0 aromatic heterocycles. The molecule has 0 spiro atoms. The smallest absolute Gasteiger partial charge is 0.323 e. The molecule has 18 heavy (non-hydrogen) atoms. The highest BCUT2D eigenvalue weighted by Gasteiger charge is 2.23. The van der Waals surface area contributed by atoms with Gasteiger partial charge in [0, 0.05) is 6.04 Å². The monoisotopic (exact) mass is 258 g/mol. The molecule has 0 atom stereocenters. The lowest BCUT2D eigenvalue weighted by atomic mass is 9.96. The zero-order valence-electron chi connectivity index (χ0n) is 10.1. The van der Waals surface area contributed by atoms with Crippen LogP contribution in [-0.2, 0) is 9.59 Å². The van der Waals surface area contributed by atoms with Gasteiger partial charge < -0.3 is 20.4 Å². The minimum atomic E-state index is -1.23. The molecular weight excluding hydrogens is 240 g/mol. The molecule has 0 bridgehead atoms. The van der Waals surface area contributed by atoms with Crippen molar-refractivity contribution in [2.75, 3.05) is 13.1 Å². The van der Waals surface area contributed by atoms with Crippen molar-refractivity contribution in [3.63, 3.8) is 0 Å². The number of hydrogen-bond donors (Lipinski definition) is 3. The van der Waals surface area contributed by atoms with E-state index in [4.69, 9.17) is 10.2 Å². The number of carboxylic acids is 2. The summed E-state index contributed by atoms with van der Waals surface area (Å²) in [5.74, 6) is -2.45. The van der Waals surface area contributed by atoms with Crippen molar-refractivity contribution in [2.24, 2.45) is 0 Å². The van der Waals surface area contributed by atoms with E-state index in [2.05, 4.69) is 5.32 Å². The third-order valence-corrected chi connectivity index (χ3v) is 2.87. The Bertz CT molecular complexity index is 309. The predicted octanol–water partition coefficient (Wildman–Crippen LogP) is 0.500. The first-order valence-electron chi connectivity index (χ1n) is 5.98. The van der Waals surface area contributed by atoms with Gasteiger partial charge in [-0.05, 0) is 12.8 Å². The lowest BCUT2D eigenvalue weighted by molar-refractivity contribution is -0.140. The number of hydrogen-bond acceptors (Lipinski definition) is 3. The van der Waals surface area contributed by atoms with E-state index in [0.29, 0.717) is 0 Å². The van der Waals surface area contributed by atoms with Crippen LogP contribution in [0.25, 0.3) is 0 Å². The second-order valence-corrected chi connectivity index (χ2v) is 4.43. The van der Waals surface area contributed by atoms with Crippen LogP contribution >= 0.6 is 0 Å². The van der Waals surface area contributed by atoms with E-state index in [1.165, 1.54) is 0 Å². The minimum absolute atomic E-state index is 0.0244. The van der Waals surface area contributed by atoms with E-state index in [9.17, 15) is 14.4 Å². The molecule has 2 amide bonds. The summed E-state index contributed by atoms with van der Waals surface area (Å²) in [6.45, 7) is -1.21. The van der Waals surface area contributed by atoms with Crippen LogP contribution in [0.15, 0.2) is 0 Å². The largest absolute Gasteiger partial charge is 0.480 e. The Morgan fingerprint density at radius 2 is 1.50 bits per heavy atom. The molecule has 1 fully saturated rings. The van der Waals surface area contributed by atoms with Crippen molar-refractivity contribution >= 4 is 18.0 Å². The number of carbonyl (C=O) groups is 3. The first kappa shape index (κ1) is 14.3. The van der Waals surface area contributed by atoms with Gasteiger partial charge in [-0.3, -0.25) is 9.59 Å². The van der Waals surface area contributed by atoms with E-state index in [1.54, 1.807) is 0 Å². The molecule has 1 aliphatic carbocycles. The Labute approximate surface area is 105 Å². The molecular formula is C11H18N2O5. The van der Waals surface area contributed by atoms with Crippen molar-refractivity contribution < 1.29 is 24.6 Å². The second kappa shape index (κ2) is 6.83. The summed E-state index contributed by atoms with van der Waals surface area (Å²) in [5.41, 5.74) is 0. The van der Waals surface area contributed by atoms with Crippen molar-refractivity contribution in [1.29, 1.82) is 0 Å². The van der Waals surface area contributed by atoms with Crippen LogP contribution in [0.1, 0.15) is 32.1 Å². The van der Waals surface area contributed by atoms with Gasteiger partial charge in [-0.15, -0.1) is 0 Å². The third kappa shape index (κ3) is 5.03. The molecule has 0 saturated heterocycles. The van der Waals surface area contributed by atoms with Crippen LogP contribution in [0.2, 0.25) is 0 Å². The number of urea groups is 1. The highest BCUT2D eigenvalue weighted by molar-refractivity contribution is 5.84. The van der Waals surface area contributed by atoms with Gasteiger partial charge in [-0.25, -0.2) is 4.79 Å². The molecule has 0 aliphatic heterocycles. The summed E-state index contributed by atoms with van der Waals surface area (Å²) in [6.07, 6.45) is 4.92. The summed E-state index contributed by atoms with van der Waals surface area (Å²) >= 11 is 0. The summed E-state index contributed by atoms with van der Waals surface area (Å²) < 4.78 is 0. The van der Waals surface area contributed by atoms with Crippen LogP contribution < -0.4 is 5.32 Å². The number of nitrogens with zero attached hydrogens (tertiary/aromatic N) is 1. The van der Waals surface area contributed by atoms with Crippen LogP contribution in [-0.4, -0.2) is 52.2 Å². The van der Waals surface area contributed by atoms with E-state index < -0.39 is 31.1 Å². The highest BCUT2D eigenvalue weighted by atomic mass is 16.4. The van der Waals surface area contributed by atoms with Crippen LogP contribution in [0.4, 0.5) is 4.79 Å². The zero-order chi connectivity index (χ0) is 13.5. The number of amides is 2. The van der Waals surface area contributed by atoms with Gasteiger partial charge in [-0.1, -0.05) is 19.3 Å². The van der Waals surface area contributed by atoms with E-state index >= 15 is 0 Å². The van der Waals surface area contributed by atoms with Crippen molar-refractivity contribution in [3.05, 3.63) is 0 Å². The molecule has 7 heteroatoms. The maximum Gasteiger partial charge on any atom is 0.323 e. The Kier molecular flexibility index (Phi) is 5.41. The molecule has 0 heterocycles. The summed E-state index contributed by atoms with van der Waals surface area (Å²) in [5, 5.41) is 20.0. The average molecular weight is 258 g/mol. The van der Waals surface area contributed by atoms with Gasteiger partial charge in [0.15, 0.2) is 0 Å². The van der Waals surface area contributed by atoms with E-state index in [0.717, 1.165) is 37.0 Å². The molecule has 0 aromatic rings. The van der Waals surface area contributed by atoms with Gasteiger partial charge in [0.25, 0.3) is 0 Å². The van der Waals surface area contributed by atoms with Gasteiger partial charge in [-0.2, -0.15) is 0 Å². The normalized spacial score (nSPS) is 16.0. The van der Waals surface area contributed by atoms with Gasteiger partial charge in [0.05, 0.1) is 0 Å². The standard InChI is InChI=1S/C11H18N2O5/c14-9(15)6-13(7-10(16)17)11(18)12-8-4-2-1-3-5-8/h8H,1-7H2,(H,12,18)(H,14,15)(H,16,17). The Hall–Kier alpha value is -1.79. The quantitative estimate of drug-likeness (QED) is 0.665. The summed E-state index contributed by atoms with van der Waals surface area (Å²) in [4.78, 5) is 33.7. The van der Waals surface area contributed by atoms with Crippen molar-refractivity contribution in [1.82, 2.24) is 10.2 Å². The van der Waals surface area contributed by atoms with E-state index in [-0.39, 0.29) is 6.04 Å². The Morgan fingerprint density at radius 1 is 1.00 bits per heavy atom. The number of rotatable bonds is 5. The fraction of sp³-hybridized carbons (Fsp3) is 0.727. The molecule has 0 unspecified atom stereocenters. The lowest BCUT2D eigenvalue weighted by Gasteiger charge is -2.26. The van der Waals surface area contributed by atoms with Crippen molar-refractivity contribution in [3.8, 4) is 0 Å². The third-order valence-electron chi connectivity index (χ3n) is 2.87. The number of aliphatic carboxylic acids is 2. The summed E-state index contributed by atoms with van der Waals surface area (Å²) in [6, 6.07) is -0.594. The topological polar surface area (TPSA) is 107 Å². The maximum atomic E-state index is 11.8. The average Bonchev–Trinajstić information content (AvgIpc) is 2.28. The van der Waals surface area contributed by atoms with Gasteiger partial charge in [0.1, 0.15) is 13.1 Å². The molecule has 3 N–H and O–H groups in total. The molecule has 1 saturated carbocycles. The van der Waals surface area contributed by atoms with E-state index in [1.807, 2.05) is 0 Å². The molecule has 102 valence electrons. The Balaban J connectivity index is 2.51. The first-order chi connectivity index (χ1) is 8.49. The second-order valence-electron chi connectivity index (χ2n) is 4.43. The van der Waals surface area contributed by atoms with Crippen molar-refractivity contribution in [2.45, 2.75) is 38.1 Å². The fourth-order valence-corrected chi connectivity index (χ4v) is 2.04. The number of nitrogens with one attached hydrogen (secondary N) is 1. The first-order valence-corrected chi connectivity index (χ1v) is 5.98. The number of carbonyl (C=O) groups excluding carboxylic acids is 1. The lowest BCUT2D eigenvalue weighted by Crippen LogP contribution is -2.48. The maximum absolute atomic E-state index is 11.8. The number of carboxylic acid groups (broad SMARTS) is 2.